The Morgan fingerprint density at radius 2 is 1.12 bits per heavy atom. The fraction of sp³-hybridized carbons (Fsp3) is 1.00. The van der Waals surface area contributed by atoms with Crippen LogP contribution < -0.4 is 51.4 Å². The van der Waals surface area contributed by atoms with Gasteiger partial charge in [-0.05, 0) is 26.2 Å². The maximum atomic E-state index is 11.3. The van der Waals surface area contributed by atoms with E-state index in [1.807, 2.05) is 6.92 Å². The van der Waals surface area contributed by atoms with E-state index in [1.54, 1.807) is 0 Å². The average Bonchev–Trinajstić information content (AvgIpc) is 2.49. The van der Waals surface area contributed by atoms with Crippen LogP contribution in [0, 0.1) is 0 Å². The Bertz CT molecular complexity index is 372. The molecule has 0 saturated carbocycles. The van der Waals surface area contributed by atoms with Crippen molar-refractivity contribution < 1.29 is 69.5 Å². The van der Waals surface area contributed by atoms with Crippen molar-refractivity contribution in [1.82, 2.24) is 0 Å². The molecule has 4 nitrogen and oxygen atoms in total. The first kappa shape index (κ1) is 28.7. The van der Waals surface area contributed by atoms with Gasteiger partial charge in [0.2, 0.25) is 0 Å². The van der Waals surface area contributed by atoms with Gasteiger partial charge in [0.1, 0.15) is 0 Å². The molecule has 146 valence electrons. The number of aliphatic hydroxyl groups excluding tert-OH is 1. The van der Waals surface area contributed by atoms with Gasteiger partial charge >= 0.3 is 51.4 Å². The summed E-state index contributed by atoms with van der Waals surface area (Å²) in [6, 6.07) is 0. The summed E-state index contributed by atoms with van der Waals surface area (Å²) in [5.74, 6) is 0. The van der Waals surface area contributed by atoms with E-state index in [1.165, 1.54) is 32.1 Å². The van der Waals surface area contributed by atoms with E-state index in [2.05, 4.69) is 6.92 Å². The summed E-state index contributed by atoms with van der Waals surface area (Å²) in [6.45, 7) is 3.92. The van der Waals surface area contributed by atoms with E-state index < -0.39 is 15.4 Å². The van der Waals surface area contributed by atoms with Crippen LogP contribution in [0.25, 0.3) is 0 Å². The van der Waals surface area contributed by atoms with Crippen LogP contribution >= 0.6 is 0 Å². The third kappa shape index (κ3) is 20.1. The minimum Gasteiger partial charge on any atom is -0.748 e. The molecule has 0 aliphatic carbocycles. The molecule has 0 radical (unpaired) electrons. The molecule has 0 fully saturated rings. The fourth-order valence-corrected chi connectivity index (χ4v) is 4.01. The van der Waals surface area contributed by atoms with Gasteiger partial charge < -0.3 is 9.66 Å². The minimum atomic E-state index is -4.13. The van der Waals surface area contributed by atoms with E-state index >= 15 is 0 Å². The van der Waals surface area contributed by atoms with Gasteiger partial charge in [-0.15, -0.1) is 0 Å². The van der Waals surface area contributed by atoms with Crippen molar-refractivity contribution in [2.24, 2.45) is 0 Å². The second kappa shape index (κ2) is 18.9. The van der Waals surface area contributed by atoms with Crippen LogP contribution in [0.5, 0.6) is 0 Å². The van der Waals surface area contributed by atoms with Crippen LogP contribution in [-0.2, 0) is 10.1 Å². The maximum Gasteiger partial charge on any atom is 1.00 e. The van der Waals surface area contributed by atoms with Gasteiger partial charge in [0, 0.05) is 5.25 Å². The quantitative estimate of drug-likeness (QED) is 0.230. The summed E-state index contributed by atoms with van der Waals surface area (Å²) in [5.41, 5.74) is 0. The summed E-state index contributed by atoms with van der Waals surface area (Å²) in [6.07, 6.45) is 14.9. The Morgan fingerprint density at radius 3 is 1.48 bits per heavy atom. The Labute approximate surface area is 199 Å². The van der Waals surface area contributed by atoms with Crippen LogP contribution in [-0.4, -0.2) is 29.4 Å². The molecule has 2 atom stereocenters. The molecule has 0 spiro atoms. The Balaban J connectivity index is 0. The molecule has 0 aliphatic rings. The Hall–Kier alpha value is 1.51. The van der Waals surface area contributed by atoms with Gasteiger partial charge in [-0.1, -0.05) is 84.0 Å². The van der Waals surface area contributed by atoms with Crippen LogP contribution in [0.1, 0.15) is 110 Å². The van der Waals surface area contributed by atoms with Crippen LogP contribution in [0.15, 0.2) is 0 Å². The van der Waals surface area contributed by atoms with Crippen molar-refractivity contribution in [2.45, 2.75) is 122 Å². The van der Waals surface area contributed by atoms with Crippen molar-refractivity contribution in [3.63, 3.8) is 0 Å². The second-order valence-electron chi connectivity index (χ2n) is 7.22. The monoisotopic (exact) mass is 402 g/mol. The molecule has 0 aromatic rings. The third-order valence-electron chi connectivity index (χ3n) is 4.69. The van der Waals surface area contributed by atoms with Gasteiger partial charge in [-0.3, -0.25) is 0 Å². The van der Waals surface area contributed by atoms with Crippen molar-refractivity contribution in [2.75, 3.05) is 0 Å². The molecule has 0 aliphatic heterocycles. The van der Waals surface area contributed by atoms with Crippen molar-refractivity contribution >= 4 is 10.1 Å². The minimum absolute atomic E-state index is 0. The molecule has 0 heterocycles. The fourth-order valence-electron chi connectivity index (χ4n) is 3.10. The first-order valence-corrected chi connectivity index (χ1v) is 11.5. The summed E-state index contributed by atoms with van der Waals surface area (Å²) in [5, 5.41) is 8.50. The molecular formula is C19H39KO4S. The summed E-state index contributed by atoms with van der Waals surface area (Å²) in [4.78, 5) is 0. The van der Waals surface area contributed by atoms with Crippen molar-refractivity contribution in [1.29, 1.82) is 0 Å². The predicted octanol–water partition coefficient (Wildman–Crippen LogP) is 2.16. The Kier molecular flexibility index (Phi) is 21.7. The van der Waals surface area contributed by atoms with E-state index in [0.29, 0.717) is 12.8 Å². The number of hydrogen-bond acceptors (Lipinski definition) is 4. The molecule has 25 heavy (non-hydrogen) atoms. The molecule has 0 saturated heterocycles. The molecule has 0 bridgehead atoms. The molecule has 0 aromatic heterocycles. The summed E-state index contributed by atoms with van der Waals surface area (Å²) in [7, 11) is -4.13. The van der Waals surface area contributed by atoms with E-state index in [0.717, 1.165) is 51.4 Å². The zero-order valence-electron chi connectivity index (χ0n) is 16.8. The second-order valence-corrected chi connectivity index (χ2v) is 8.87. The number of aliphatic hydroxyl groups is 1. The van der Waals surface area contributed by atoms with Crippen LogP contribution in [0.2, 0.25) is 0 Å². The third-order valence-corrected chi connectivity index (χ3v) is 5.97. The number of unbranched alkanes of at least 4 members (excludes halogenated alkanes) is 10. The molecule has 6 heteroatoms. The standard InChI is InChI=1S/C19H40O4S.K/c1-3-4-12-16-19(24(21,22)23)17-14-11-9-7-5-6-8-10-13-15-18(2)20;/h18-20H,3-17H2,1-2H3,(H,21,22,23);/q;+1/p-1. The van der Waals surface area contributed by atoms with Gasteiger partial charge in [0.05, 0.1) is 16.2 Å². The molecule has 1 N–H and O–H groups in total. The summed E-state index contributed by atoms with van der Waals surface area (Å²) < 4.78 is 33.9. The SMILES string of the molecule is CCCCCC(CCCCCCCCCCCC(C)O)S(=O)(=O)[O-].[K+]. The van der Waals surface area contributed by atoms with E-state index in [9.17, 15) is 13.0 Å². The largest absolute Gasteiger partial charge is 1.00 e. The predicted molar refractivity (Wildman–Crippen MR) is 100 cm³/mol. The normalized spacial score (nSPS) is 14.1. The van der Waals surface area contributed by atoms with Crippen molar-refractivity contribution in [3.8, 4) is 0 Å². The summed E-state index contributed by atoms with van der Waals surface area (Å²) >= 11 is 0. The van der Waals surface area contributed by atoms with Gasteiger partial charge in [0.25, 0.3) is 0 Å². The topological polar surface area (TPSA) is 77.4 Å². The zero-order valence-corrected chi connectivity index (χ0v) is 20.8. The number of hydrogen-bond donors (Lipinski definition) is 1. The maximum absolute atomic E-state index is 11.3. The zero-order chi connectivity index (χ0) is 18.3. The molecule has 0 rings (SSSR count). The Morgan fingerprint density at radius 1 is 0.760 bits per heavy atom. The molecule has 0 aromatic carbocycles. The van der Waals surface area contributed by atoms with Crippen LogP contribution in [0.3, 0.4) is 0 Å². The van der Waals surface area contributed by atoms with Gasteiger partial charge in [-0.2, -0.15) is 0 Å². The smallest absolute Gasteiger partial charge is 0.748 e. The average molecular weight is 403 g/mol. The first-order chi connectivity index (χ1) is 11.4. The van der Waals surface area contributed by atoms with Crippen molar-refractivity contribution in [3.05, 3.63) is 0 Å². The van der Waals surface area contributed by atoms with Crippen LogP contribution in [0.4, 0.5) is 0 Å². The molecule has 0 amide bonds. The number of rotatable bonds is 17. The van der Waals surface area contributed by atoms with Gasteiger partial charge in [0.15, 0.2) is 0 Å². The van der Waals surface area contributed by atoms with E-state index in [4.69, 9.17) is 5.11 Å². The first-order valence-electron chi connectivity index (χ1n) is 10.0. The van der Waals surface area contributed by atoms with E-state index in [-0.39, 0.29) is 57.5 Å². The molecular weight excluding hydrogens is 363 g/mol. The van der Waals surface area contributed by atoms with Gasteiger partial charge in [-0.25, -0.2) is 8.42 Å². The molecule has 2 unspecified atom stereocenters.